The van der Waals surface area contributed by atoms with Crippen LogP contribution in [0, 0.1) is 0 Å². The number of anilines is 1. The molecular formula is C12H13BrF3NO. The summed E-state index contributed by atoms with van der Waals surface area (Å²) >= 11 is 3.07. The first-order valence-electron chi connectivity index (χ1n) is 5.68. The summed E-state index contributed by atoms with van der Waals surface area (Å²) in [6, 6.07) is 3.52. The molecule has 1 fully saturated rings. The Morgan fingerprint density at radius 3 is 2.50 bits per heavy atom. The first-order valence-corrected chi connectivity index (χ1v) is 6.48. The minimum Gasteiger partial charge on any atom is -0.391 e. The van der Waals surface area contributed by atoms with Crippen LogP contribution in [0.15, 0.2) is 22.7 Å². The second kappa shape index (κ2) is 5.09. The number of rotatable bonds is 2. The average molecular weight is 324 g/mol. The molecule has 0 amide bonds. The molecule has 0 aliphatic heterocycles. The lowest BCUT2D eigenvalue weighted by Crippen LogP contribution is -2.28. The third-order valence-electron chi connectivity index (χ3n) is 3.06. The molecule has 0 saturated heterocycles. The highest BCUT2D eigenvalue weighted by molar-refractivity contribution is 9.10. The quantitative estimate of drug-likeness (QED) is 0.867. The molecule has 0 radical (unpaired) electrons. The smallest absolute Gasteiger partial charge is 0.391 e. The molecule has 1 saturated carbocycles. The van der Waals surface area contributed by atoms with Crippen molar-refractivity contribution >= 4 is 21.6 Å². The average Bonchev–Trinajstić information content (AvgIpc) is 2.62. The van der Waals surface area contributed by atoms with Gasteiger partial charge in [-0.25, -0.2) is 0 Å². The number of aliphatic hydroxyl groups is 1. The van der Waals surface area contributed by atoms with Gasteiger partial charge in [0, 0.05) is 10.2 Å². The van der Waals surface area contributed by atoms with E-state index in [9.17, 15) is 18.3 Å². The number of halogens is 4. The van der Waals surface area contributed by atoms with Crippen LogP contribution in [0.2, 0.25) is 0 Å². The van der Waals surface area contributed by atoms with Crippen LogP contribution in [0.5, 0.6) is 0 Å². The van der Waals surface area contributed by atoms with Crippen molar-refractivity contribution in [3.05, 3.63) is 28.2 Å². The molecule has 100 valence electrons. The van der Waals surface area contributed by atoms with Crippen LogP contribution >= 0.6 is 15.9 Å². The number of hydrogen-bond acceptors (Lipinski definition) is 2. The van der Waals surface area contributed by atoms with Gasteiger partial charge in [0.2, 0.25) is 0 Å². The largest absolute Gasteiger partial charge is 0.416 e. The third-order valence-corrected chi connectivity index (χ3v) is 3.51. The molecule has 1 aromatic rings. The number of benzene rings is 1. The van der Waals surface area contributed by atoms with E-state index in [4.69, 9.17) is 0 Å². The molecule has 18 heavy (non-hydrogen) atoms. The molecule has 2 N–H and O–H groups in total. The SMILES string of the molecule is O[C@@H]1CCC[C@H]1Nc1cc(Br)cc(C(F)(F)F)c1. The summed E-state index contributed by atoms with van der Waals surface area (Å²) in [6.07, 6.45) is -2.50. The van der Waals surface area contributed by atoms with Crippen molar-refractivity contribution in [2.45, 2.75) is 37.6 Å². The highest BCUT2D eigenvalue weighted by atomic mass is 79.9. The minimum atomic E-state index is -4.37. The molecule has 6 heteroatoms. The molecule has 0 aromatic heterocycles. The molecule has 1 aromatic carbocycles. The molecule has 1 aliphatic rings. The van der Waals surface area contributed by atoms with Crippen molar-refractivity contribution in [2.75, 3.05) is 5.32 Å². The van der Waals surface area contributed by atoms with Gasteiger partial charge in [0.05, 0.1) is 17.7 Å². The Morgan fingerprint density at radius 1 is 1.22 bits per heavy atom. The highest BCUT2D eigenvalue weighted by Crippen LogP contribution is 2.34. The maximum absolute atomic E-state index is 12.6. The molecular weight excluding hydrogens is 311 g/mol. The van der Waals surface area contributed by atoms with E-state index < -0.39 is 17.8 Å². The fourth-order valence-corrected chi connectivity index (χ4v) is 2.65. The van der Waals surface area contributed by atoms with Crippen LogP contribution in [-0.2, 0) is 6.18 Å². The Hall–Kier alpha value is -0.750. The second-order valence-electron chi connectivity index (χ2n) is 4.48. The zero-order chi connectivity index (χ0) is 13.3. The summed E-state index contributed by atoms with van der Waals surface area (Å²) < 4.78 is 38.3. The van der Waals surface area contributed by atoms with Crippen molar-refractivity contribution in [3.8, 4) is 0 Å². The molecule has 0 heterocycles. The van der Waals surface area contributed by atoms with Crippen molar-refractivity contribution in [1.82, 2.24) is 0 Å². The van der Waals surface area contributed by atoms with Crippen molar-refractivity contribution in [3.63, 3.8) is 0 Å². The lowest BCUT2D eigenvalue weighted by Gasteiger charge is -2.19. The third kappa shape index (κ3) is 3.17. The molecule has 0 unspecified atom stereocenters. The monoisotopic (exact) mass is 323 g/mol. The fourth-order valence-electron chi connectivity index (χ4n) is 2.16. The second-order valence-corrected chi connectivity index (χ2v) is 5.39. The van der Waals surface area contributed by atoms with E-state index in [1.165, 1.54) is 0 Å². The van der Waals surface area contributed by atoms with Crippen molar-refractivity contribution in [1.29, 1.82) is 0 Å². The first-order chi connectivity index (χ1) is 8.36. The van der Waals surface area contributed by atoms with E-state index in [2.05, 4.69) is 21.2 Å². The summed E-state index contributed by atoms with van der Waals surface area (Å²) in [5, 5.41) is 12.6. The molecule has 1 aliphatic carbocycles. The van der Waals surface area contributed by atoms with E-state index in [0.717, 1.165) is 25.0 Å². The molecule has 2 nitrogen and oxygen atoms in total. The van der Waals surface area contributed by atoms with Gasteiger partial charge in [0.1, 0.15) is 0 Å². The molecule has 0 spiro atoms. The fraction of sp³-hybridized carbons (Fsp3) is 0.500. The predicted octanol–water partition coefficient (Wildman–Crippen LogP) is 3.79. The van der Waals surface area contributed by atoms with Gasteiger partial charge < -0.3 is 10.4 Å². The number of hydrogen-bond donors (Lipinski definition) is 2. The van der Waals surface area contributed by atoms with E-state index in [1.54, 1.807) is 6.07 Å². The number of aliphatic hydroxyl groups excluding tert-OH is 1. The van der Waals surface area contributed by atoms with E-state index in [0.29, 0.717) is 16.6 Å². The van der Waals surface area contributed by atoms with Gasteiger partial charge in [0.25, 0.3) is 0 Å². The Morgan fingerprint density at radius 2 is 1.94 bits per heavy atom. The summed E-state index contributed by atoms with van der Waals surface area (Å²) in [5.41, 5.74) is -0.325. The Balaban J connectivity index is 2.20. The Bertz CT molecular complexity index is 436. The van der Waals surface area contributed by atoms with E-state index >= 15 is 0 Å². The van der Waals surface area contributed by atoms with Crippen LogP contribution < -0.4 is 5.32 Å². The van der Waals surface area contributed by atoms with Crippen LogP contribution in [0.3, 0.4) is 0 Å². The summed E-state index contributed by atoms with van der Waals surface area (Å²) in [4.78, 5) is 0. The van der Waals surface area contributed by atoms with Gasteiger partial charge >= 0.3 is 6.18 Å². The lowest BCUT2D eigenvalue weighted by molar-refractivity contribution is -0.137. The van der Waals surface area contributed by atoms with Crippen LogP contribution in [0.4, 0.5) is 18.9 Å². The van der Waals surface area contributed by atoms with Crippen LogP contribution in [-0.4, -0.2) is 17.3 Å². The highest BCUT2D eigenvalue weighted by Gasteiger charge is 2.32. The Labute approximate surface area is 111 Å². The molecule has 2 atom stereocenters. The van der Waals surface area contributed by atoms with Crippen molar-refractivity contribution in [2.24, 2.45) is 0 Å². The summed E-state index contributed by atoms with van der Waals surface area (Å²) in [5.74, 6) is 0. The maximum atomic E-state index is 12.6. The first kappa shape index (κ1) is 13.7. The van der Waals surface area contributed by atoms with Gasteiger partial charge in [-0.1, -0.05) is 15.9 Å². The van der Waals surface area contributed by atoms with Gasteiger partial charge in [0.15, 0.2) is 0 Å². The predicted molar refractivity (Wildman–Crippen MR) is 66.4 cm³/mol. The van der Waals surface area contributed by atoms with Crippen molar-refractivity contribution < 1.29 is 18.3 Å². The van der Waals surface area contributed by atoms with Crippen LogP contribution in [0.1, 0.15) is 24.8 Å². The normalized spacial score (nSPS) is 24.3. The van der Waals surface area contributed by atoms with E-state index in [1.807, 2.05) is 0 Å². The zero-order valence-corrected chi connectivity index (χ0v) is 11.1. The number of nitrogens with one attached hydrogen (secondary N) is 1. The summed E-state index contributed by atoms with van der Waals surface area (Å²) in [6.45, 7) is 0. The zero-order valence-electron chi connectivity index (χ0n) is 9.47. The standard InChI is InChI=1S/C12H13BrF3NO/c13-8-4-7(12(14,15)16)5-9(6-8)17-10-2-1-3-11(10)18/h4-6,10-11,17-18H,1-3H2/t10-,11-/m1/s1. The lowest BCUT2D eigenvalue weighted by atomic mass is 10.1. The topological polar surface area (TPSA) is 32.3 Å². The van der Waals surface area contributed by atoms with Gasteiger partial charge in [-0.05, 0) is 37.5 Å². The van der Waals surface area contributed by atoms with Gasteiger partial charge in [-0.2, -0.15) is 13.2 Å². The summed E-state index contributed by atoms with van der Waals surface area (Å²) in [7, 11) is 0. The number of alkyl halides is 3. The van der Waals surface area contributed by atoms with Crippen LogP contribution in [0.25, 0.3) is 0 Å². The Kier molecular flexibility index (Phi) is 3.87. The molecule has 0 bridgehead atoms. The van der Waals surface area contributed by atoms with Gasteiger partial charge in [-0.3, -0.25) is 0 Å². The van der Waals surface area contributed by atoms with E-state index in [-0.39, 0.29) is 6.04 Å². The van der Waals surface area contributed by atoms with Gasteiger partial charge in [-0.15, -0.1) is 0 Å². The maximum Gasteiger partial charge on any atom is 0.416 e. The molecule has 2 rings (SSSR count). The minimum absolute atomic E-state index is 0.166.